The second-order valence-corrected chi connectivity index (χ2v) is 8.75. The summed E-state index contributed by atoms with van der Waals surface area (Å²) < 4.78 is 2.96. The molecule has 5 heteroatoms. The Morgan fingerprint density at radius 3 is 2.24 bits per heavy atom. The molecule has 0 aliphatic rings. The van der Waals surface area contributed by atoms with E-state index in [2.05, 4.69) is 57.2 Å². The lowest BCUT2D eigenvalue weighted by molar-refractivity contribution is 0.677. The smallest absolute Gasteiger partial charge is 0.280 e. The maximum atomic E-state index is 13.0. The Morgan fingerprint density at radius 1 is 0.897 bits per heavy atom. The SMILES string of the molecule is Cc1ccc(-c2sc3c(c2C)c(=O)n(C)c(=O)n3Cc2ccc(C)c(C)c2)cc1. The van der Waals surface area contributed by atoms with E-state index in [4.69, 9.17) is 0 Å². The van der Waals surface area contributed by atoms with Gasteiger partial charge in [-0.25, -0.2) is 4.79 Å². The molecule has 0 radical (unpaired) electrons. The third-order valence-electron chi connectivity index (χ3n) is 5.64. The van der Waals surface area contributed by atoms with Gasteiger partial charge < -0.3 is 0 Å². The molecular weight excluding hydrogens is 380 g/mol. The molecule has 4 nitrogen and oxygen atoms in total. The summed E-state index contributed by atoms with van der Waals surface area (Å²) in [5.41, 5.74) is 6.16. The van der Waals surface area contributed by atoms with E-state index in [1.54, 1.807) is 11.6 Å². The van der Waals surface area contributed by atoms with Gasteiger partial charge in [-0.3, -0.25) is 13.9 Å². The van der Waals surface area contributed by atoms with E-state index in [1.807, 2.05) is 13.0 Å². The maximum absolute atomic E-state index is 13.0. The Balaban J connectivity index is 1.97. The highest BCUT2D eigenvalue weighted by molar-refractivity contribution is 7.22. The molecule has 0 aliphatic heterocycles. The van der Waals surface area contributed by atoms with Crippen LogP contribution in [0.3, 0.4) is 0 Å². The zero-order valence-corrected chi connectivity index (χ0v) is 18.2. The standard InChI is InChI=1S/C24H24N2O2S/c1-14-6-10-19(11-7-14)21-17(4)20-22(27)25(5)24(28)26(23(20)29-21)13-18-9-8-15(2)16(3)12-18/h6-12H,13H2,1-5H3. The van der Waals surface area contributed by atoms with E-state index >= 15 is 0 Å². The fraction of sp³-hybridized carbons (Fsp3) is 0.250. The van der Waals surface area contributed by atoms with Crippen LogP contribution >= 0.6 is 11.3 Å². The molecule has 4 aromatic rings. The number of fused-ring (bicyclic) bond motifs is 1. The van der Waals surface area contributed by atoms with Crippen molar-refractivity contribution in [2.24, 2.45) is 7.05 Å². The van der Waals surface area contributed by atoms with Gasteiger partial charge in [0.1, 0.15) is 4.83 Å². The van der Waals surface area contributed by atoms with Crippen molar-refractivity contribution in [2.45, 2.75) is 34.2 Å². The van der Waals surface area contributed by atoms with Crippen LogP contribution in [-0.2, 0) is 13.6 Å². The van der Waals surface area contributed by atoms with Crippen LogP contribution in [0.2, 0.25) is 0 Å². The number of rotatable bonds is 3. The van der Waals surface area contributed by atoms with Gasteiger partial charge in [0.05, 0.1) is 11.9 Å². The van der Waals surface area contributed by atoms with Gasteiger partial charge in [0.15, 0.2) is 0 Å². The third kappa shape index (κ3) is 3.25. The molecule has 0 atom stereocenters. The number of nitrogens with zero attached hydrogens (tertiary/aromatic N) is 2. The fourth-order valence-corrected chi connectivity index (χ4v) is 4.96. The van der Waals surface area contributed by atoms with Crippen molar-refractivity contribution in [3.05, 3.63) is 91.1 Å². The quantitative estimate of drug-likeness (QED) is 0.496. The molecule has 0 N–H and O–H groups in total. The Morgan fingerprint density at radius 2 is 1.59 bits per heavy atom. The molecule has 2 aromatic heterocycles. The second-order valence-electron chi connectivity index (χ2n) is 7.75. The molecule has 0 fully saturated rings. The summed E-state index contributed by atoms with van der Waals surface area (Å²) in [5, 5.41) is 0.636. The van der Waals surface area contributed by atoms with E-state index in [0.717, 1.165) is 26.4 Å². The zero-order chi connectivity index (χ0) is 20.9. The molecule has 2 heterocycles. The second kappa shape index (κ2) is 7.16. The van der Waals surface area contributed by atoms with Gasteiger partial charge in [-0.05, 0) is 55.5 Å². The highest BCUT2D eigenvalue weighted by Gasteiger charge is 2.19. The van der Waals surface area contributed by atoms with E-state index < -0.39 is 0 Å². The van der Waals surface area contributed by atoms with Gasteiger partial charge in [0.25, 0.3) is 5.56 Å². The van der Waals surface area contributed by atoms with Crippen molar-refractivity contribution in [1.82, 2.24) is 9.13 Å². The van der Waals surface area contributed by atoms with E-state index in [9.17, 15) is 9.59 Å². The Bertz CT molecular complexity index is 1360. The van der Waals surface area contributed by atoms with Crippen LogP contribution in [0, 0.1) is 27.7 Å². The average molecular weight is 405 g/mol. The Hall–Kier alpha value is -2.92. The number of hydrogen-bond donors (Lipinski definition) is 0. The van der Waals surface area contributed by atoms with Crippen molar-refractivity contribution in [1.29, 1.82) is 0 Å². The van der Waals surface area contributed by atoms with E-state index in [-0.39, 0.29) is 11.2 Å². The largest absolute Gasteiger partial charge is 0.332 e. The summed E-state index contributed by atoms with van der Waals surface area (Å²) in [6.45, 7) is 8.62. The van der Waals surface area contributed by atoms with Crippen molar-refractivity contribution in [3.8, 4) is 10.4 Å². The molecule has 0 spiro atoms. The van der Waals surface area contributed by atoms with Gasteiger partial charge in [0, 0.05) is 11.9 Å². The van der Waals surface area contributed by atoms with Crippen LogP contribution in [0.25, 0.3) is 20.7 Å². The van der Waals surface area contributed by atoms with Gasteiger partial charge in [0.2, 0.25) is 0 Å². The molecule has 4 rings (SSSR count). The van der Waals surface area contributed by atoms with Crippen molar-refractivity contribution in [3.63, 3.8) is 0 Å². The van der Waals surface area contributed by atoms with Crippen LogP contribution in [0.5, 0.6) is 0 Å². The molecule has 0 amide bonds. The van der Waals surface area contributed by atoms with Crippen LogP contribution in [0.4, 0.5) is 0 Å². The monoisotopic (exact) mass is 404 g/mol. The van der Waals surface area contributed by atoms with Gasteiger partial charge in [-0.2, -0.15) is 0 Å². The number of thiophene rings is 1. The first-order valence-corrected chi connectivity index (χ1v) is 10.5. The normalized spacial score (nSPS) is 11.3. The predicted molar refractivity (Wildman–Crippen MR) is 121 cm³/mol. The predicted octanol–water partition coefficient (Wildman–Crippen LogP) is 4.71. The summed E-state index contributed by atoms with van der Waals surface area (Å²) in [7, 11) is 1.56. The third-order valence-corrected chi connectivity index (χ3v) is 7.00. The molecular formula is C24H24N2O2S. The highest BCUT2D eigenvalue weighted by atomic mass is 32.1. The minimum Gasteiger partial charge on any atom is -0.280 e. The van der Waals surface area contributed by atoms with Gasteiger partial charge in [-0.1, -0.05) is 48.0 Å². The summed E-state index contributed by atoms with van der Waals surface area (Å²) >= 11 is 1.52. The molecule has 0 saturated carbocycles. The van der Waals surface area contributed by atoms with Crippen LogP contribution in [0.1, 0.15) is 27.8 Å². The first kappa shape index (κ1) is 19.4. The molecule has 0 saturated heterocycles. The van der Waals surface area contributed by atoms with E-state index in [0.29, 0.717) is 11.9 Å². The van der Waals surface area contributed by atoms with Gasteiger partial charge >= 0.3 is 5.69 Å². The summed E-state index contributed by atoms with van der Waals surface area (Å²) in [4.78, 5) is 27.7. The molecule has 0 bridgehead atoms. The number of aromatic nitrogens is 2. The summed E-state index contributed by atoms with van der Waals surface area (Å²) in [6.07, 6.45) is 0. The lowest BCUT2D eigenvalue weighted by Gasteiger charge is -2.11. The fourth-order valence-electron chi connectivity index (χ4n) is 3.67. The number of benzene rings is 2. The van der Waals surface area contributed by atoms with Crippen LogP contribution in [0.15, 0.2) is 52.1 Å². The Labute approximate surface area is 173 Å². The molecule has 2 aromatic carbocycles. The lowest BCUT2D eigenvalue weighted by atomic mass is 10.1. The van der Waals surface area contributed by atoms with Crippen LogP contribution in [-0.4, -0.2) is 9.13 Å². The zero-order valence-electron chi connectivity index (χ0n) is 17.4. The summed E-state index contributed by atoms with van der Waals surface area (Å²) in [5.74, 6) is 0. The molecule has 0 aliphatic carbocycles. The topological polar surface area (TPSA) is 44.0 Å². The van der Waals surface area contributed by atoms with Crippen molar-refractivity contribution in [2.75, 3.05) is 0 Å². The maximum Gasteiger partial charge on any atom is 0.332 e. The molecule has 29 heavy (non-hydrogen) atoms. The summed E-state index contributed by atoms with van der Waals surface area (Å²) in [6, 6.07) is 14.5. The molecule has 0 unspecified atom stereocenters. The van der Waals surface area contributed by atoms with Gasteiger partial charge in [-0.15, -0.1) is 11.3 Å². The number of aryl methyl sites for hydroxylation is 4. The molecule has 148 valence electrons. The van der Waals surface area contributed by atoms with Crippen molar-refractivity contribution >= 4 is 21.6 Å². The Kier molecular flexibility index (Phi) is 4.79. The van der Waals surface area contributed by atoms with E-state index in [1.165, 1.54) is 32.6 Å². The first-order chi connectivity index (χ1) is 13.8. The average Bonchev–Trinajstić information content (AvgIpc) is 3.04. The number of hydrogen-bond acceptors (Lipinski definition) is 3. The highest BCUT2D eigenvalue weighted by Crippen LogP contribution is 2.36. The minimum absolute atomic E-state index is 0.228. The first-order valence-electron chi connectivity index (χ1n) is 9.64. The lowest BCUT2D eigenvalue weighted by Crippen LogP contribution is -2.38. The van der Waals surface area contributed by atoms with Crippen LogP contribution < -0.4 is 11.2 Å². The van der Waals surface area contributed by atoms with Crippen molar-refractivity contribution < 1.29 is 0 Å². The minimum atomic E-state index is -0.280.